The van der Waals surface area contributed by atoms with Gasteiger partial charge in [-0.05, 0) is 69.5 Å². The van der Waals surface area contributed by atoms with Crippen LogP contribution in [0.1, 0.15) is 48.0 Å². The van der Waals surface area contributed by atoms with Crippen LogP contribution in [0.15, 0.2) is 24.3 Å². The number of carbonyl (C=O) groups is 1. The van der Waals surface area contributed by atoms with Crippen LogP contribution in [0.2, 0.25) is 0 Å². The van der Waals surface area contributed by atoms with Crippen molar-refractivity contribution in [1.82, 2.24) is 10.2 Å². The largest absolute Gasteiger partial charge is 0.416 e. The number of nitrogens with one attached hydrogen (secondary N) is 1. The molecule has 0 radical (unpaired) electrons. The fourth-order valence-corrected chi connectivity index (χ4v) is 3.68. The van der Waals surface area contributed by atoms with Crippen LogP contribution in [0, 0.1) is 0 Å². The van der Waals surface area contributed by atoms with Crippen LogP contribution < -0.4 is 5.32 Å². The molecule has 1 N–H and O–H groups in total. The maximum atomic E-state index is 12.6. The summed E-state index contributed by atoms with van der Waals surface area (Å²) in [7, 11) is 0. The number of carbonyl (C=O) groups excluding carboxylic acids is 1. The molecule has 0 spiro atoms. The average molecular weight is 326 g/mol. The number of rotatable bonds is 3. The van der Waals surface area contributed by atoms with Crippen molar-refractivity contribution in [3.05, 3.63) is 35.4 Å². The number of nitrogens with zero attached hydrogens (tertiary/aromatic N) is 1. The first-order chi connectivity index (χ1) is 10.9. The molecule has 3 nitrogen and oxygen atoms in total. The number of hydrogen-bond acceptors (Lipinski definition) is 2. The minimum atomic E-state index is -4.37. The zero-order valence-corrected chi connectivity index (χ0v) is 12.9. The summed E-state index contributed by atoms with van der Waals surface area (Å²) < 4.78 is 37.7. The highest BCUT2D eigenvalue weighted by molar-refractivity contribution is 5.94. The molecule has 1 amide bonds. The van der Waals surface area contributed by atoms with Crippen LogP contribution in [-0.2, 0) is 6.18 Å². The molecule has 1 aromatic rings. The maximum Gasteiger partial charge on any atom is 0.416 e. The van der Waals surface area contributed by atoms with E-state index in [2.05, 4.69) is 10.2 Å². The second kappa shape index (κ2) is 6.51. The molecule has 1 aromatic carbocycles. The molecule has 1 aliphatic carbocycles. The van der Waals surface area contributed by atoms with E-state index in [1.165, 1.54) is 25.0 Å². The minimum absolute atomic E-state index is 0.0999. The Hall–Kier alpha value is -1.56. The number of halogens is 3. The van der Waals surface area contributed by atoms with Crippen molar-refractivity contribution in [3.63, 3.8) is 0 Å². The number of likely N-dealkylation sites (tertiary alicyclic amines) is 1. The van der Waals surface area contributed by atoms with E-state index < -0.39 is 11.7 Å². The molecule has 6 heteroatoms. The number of hydrogen-bond donors (Lipinski definition) is 1. The smallest absolute Gasteiger partial charge is 0.348 e. The molecule has 1 saturated carbocycles. The molecule has 3 rings (SSSR count). The summed E-state index contributed by atoms with van der Waals surface area (Å²) >= 11 is 0. The van der Waals surface area contributed by atoms with Gasteiger partial charge in [0.1, 0.15) is 0 Å². The van der Waals surface area contributed by atoms with Crippen molar-refractivity contribution >= 4 is 5.91 Å². The molecular weight excluding hydrogens is 305 g/mol. The lowest BCUT2D eigenvalue weighted by atomic mass is 10.1. The Morgan fingerprint density at radius 3 is 2.30 bits per heavy atom. The first-order valence-corrected chi connectivity index (χ1v) is 8.17. The van der Waals surface area contributed by atoms with Crippen molar-refractivity contribution in [2.45, 2.75) is 50.4 Å². The van der Waals surface area contributed by atoms with Crippen molar-refractivity contribution in [2.75, 3.05) is 13.1 Å². The zero-order chi connectivity index (χ0) is 16.4. The fourth-order valence-electron chi connectivity index (χ4n) is 3.68. The van der Waals surface area contributed by atoms with Crippen molar-refractivity contribution < 1.29 is 18.0 Å². The number of benzene rings is 1. The van der Waals surface area contributed by atoms with E-state index in [0.29, 0.717) is 6.04 Å². The molecule has 2 fully saturated rings. The van der Waals surface area contributed by atoms with Gasteiger partial charge in [-0.3, -0.25) is 9.69 Å². The van der Waals surface area contributed by atoms with E-state index >= 15 is 0 Å². The Bertz CT molecular complexity index is 550. The third-order valence-electron chi connectivity index (χ3n) is 4.88. The second-order valence-electron chi connectivity index (χ2n) is 6.40. The molecule has 1 aliphatic heterocycles. The van der Waals surface area contributed by atoms with Gasteiger partial charge in [0.25, 0.3) is 5.91 Å². The molecule has 2 aliphatic rings. The first kappa shape index (κ1) is 16.3. The lowest BCUT2D eigenvalue weighted by Gasteiger charge is -2.29. The number of amides is 1. The van der Waals surface area contributed by atoms with Crippen LogP contribution in [0.4, 0.5) is 13.2 Å². The zero-order valence-electron chi connectivity index (χ0n) is 12.9. The molecule has 1 heterocycles. The third kappa shape index (κ3) is 3.68. The van der Waals surface area contributed by atoms with Gasteiger partial charge in [-0.1, -0.05) is 0 Å². The van der Waals surface area contributed by atoms with E-state index in [1.54, 1.807) is 0 Å². The Labute approximate surface area is 133 Å². The summed E-state index contributed by atoms with van der Waals surface area (Å²) in [6.07, 6.45) is 1.14. The third-order valence-corrected chi connectivity index (χ3v) is 4.88. The fraction of sp³-hybridized carbons (Fsp3) is 0.588. The Balaban J connectivity index is 1.64. The molecular formula is C17H21F3N2O. The predicted octanol–water partition coefficient (Wildman–Crippen LogP) is 3.45. The highest BCUT2D eigenvalue weighted by atomic mass is 19.4. The Morgan fingerprint density at radius 1 is 1.04 bits per heavy atom. The second-order valence-corrected chi connectivity index (χ2v) is 6.40. The van der Waals surface area contributed by atoms with Gasteiger partial charge in [-0.2, -0.15) is 13.2 Å². The highest BCUT2D eigenvalue weighted by Crippen LogP contribution is 2.30. The van der Waals surface area contributed by atoms with Gasteiger partial charge < -0.3 is 5.32 Å². The van der Waals surface area contributed by atoms with E-state index in [0.717, 1.165) is 44.5 Å². The van der Waals surface area contributed by atoms with Crippen LogP contribution in [0.25, 0.3) is 0 Å². The van der Waals surface area contributed by atoms with E-state index in [-0.39, 0.29) is 17.5 Å². The average Bonchev–Trinajstić information content (AvgIpc) is 3.17. The van der Waals surface area contributed by atoms with Gasteiger partial charge >= 0.3 is 6.18 Å². The molecule has 2 atom stereocenters. The lowest BCUT2D eigenvalue weighted by Crippen LogP contribution is -2.47. The van der Waals surface area contributed by atoms with Crippen LogP contribution in [-0.4, -0.2) is 36.0 Å². The van der Waals surface area contributed by atoms with Crippen molar-refractivity contribution in [2.24, 2.45) is 0 Å². The van der Waals surface area contributed by atoms with Gasteiger partial charge in [0, 0.05) is 17.6 Å². The van der Waals surface area contributed by atoms with Crippen LogP contribution in [0.5, 0.6) is 0 Å². The van der Waals surface area contributed by atoms with Gasteiger partial charge in [0.2, 0.25) is 0 Å². The molecule has 0 bridgehead atoms. The predicted molar refractivity (Wildman–Crippen MR) is 81.1 cm³/mol. The minimum Gasteiger partial charge on any atom is -0.348 e. The van der Waals surface area contributed by atoms with E-state index in [1.807, 2.05) is 0 Å². The van der Waals surface area contributed by atoms with E-state index in [9.17, 15) is 18.0 Å². The molecule has 1 saturated heterocycles. The van der Waals surface area contributed by atoms with Gasteiger partial charge in [-0.15, -0.1) is 0 Å². The Kier molecular flexibility index (Phi) is 4.62. The summed E-state index contributed by atoms with van der Waals surface area (Å²) in [5.41, 5.74) is -0.449. The van der Waals surface area contributed by atoms with Crippen molar-refractivity contribution in [3.8, 4) is 0 Å². The monoisotopic (exact) mass is 326 g/mol. The summed E-state index contributed by atoms with van der Waals surface area (Å²) in [6, 6.07) is 4.89. The van der Waals surface area contributed by atoms with Gasteiger partial charge in [0.05, 0.1) is 5.56 Å². The van der Waals surface area contributed by atoms with Crippen LogP contribution >= 0.6 is 0 Å². The summed E-state index contributed by atoms with van der Waals surface area (Å²) in [4.78, 5) is 14.7. The van der Waals surface area contributed by atoms with Gasteiger partial charge in [0.15, 0.2) is 0 Å². The molecule has 0 aromatic heterocycles. The Morgan fingerprint density at radius 2 is 1.70 bits per heavy atom. The standard InChI is InChI=1S/C17H21F3N2O/c18-17(19,20)13-8-6-12(7-9-13)16(23)21-14-4-3-5-15(14)22-10-1-2-11-22/h6-9,14-15H,1-5,10-11H2,(H,21,23). The maximum absolute atomic E-state index is 12.6. The summed E-state index contributed by atoms with van der Waals surface area (Å²) in [5.74, 6) is -0.283. The SMILES string of the molecule is O=C(NC1CCCC1N1CCCC1)c1ccc(C(F)(F)F)cc1. The first-order valence-electron chi connectivity index (χ1n) is 8.17. The summed E-state index contributed by atoms with van der Waals surface area (Å²) in [5, 5.41) is 3.02. The summed E-state index contributed by atoms with van der Waals surface area (Å²) in [6.45, 7) is 2.16. The highest BCUT2D eigenvalue weighted by Gasteiger charge is 2.34. The molecule has 2 unspecified atom stereocenters. The lowest BCUT2D eigenvalue weighted by molar-refractivity contribution is -0.137. The molecule has 23 heavy (non-hydrogen) atoms. The van der Waals surface area contributed by atoms with Crippen molar-refractivity contribution in [1.29, 1.82) is 0 Å². The quantitative estimate of drug-likeness (QED) is 0.923. The van der Waals surface area contributed by atoms with Crippen LogP contribution in [0.3, 0.4) is 0 Å². The normalized spacial score (nSPS) is 25.7. The van der Waals surface area contributed by atoms with E-state index in [4.69, 9.17) is 0 Å². The topological polar surface area (TPSA) is 32.3 Å². The number of alkyl halides is 3. The van der Waals surface area contributed by atoms with Gasteiger partial charge in [-0.25, -0.2) is 0 Å². The molecule has 126 valence electrons.